The summed E-state index contributed by atoms with van der Waals surface area (Å²) in [6.45, 7) is 1.07. The van der Waals surface area contributed by atoms with E-state index in [1.807, 2.05) is 0 Å². The monoisotopic (exact) mass is 275 g/mol. The smallest absolute Gasteiger partial charge is 0.304 e. The van der Waals surface area contributed by atoms with E-state index in [2.05, 4.69) is 24.1 Å². The Morgan fingerprint density at radius 1 is 1.45 bits per heavy atom. The Balaban J connectivity index is 2.07. The second-order valence-electron chi connectivity index (χ2n) is 6.02. The van der Waals surface area contributed by atoms with Crippen LogP contribution in [0.4, 0.5) is 5.69 Å². The van der Waals surface area contributed by atoms with Crippen molar-refractivity contribution in [1.82, 2.24) is 0 Å². The van der Waals surface area contributed by atoms with E-state index in [1.54, 1.807) is 7.11 Å². The first kappa shape index (κ1) is 13.3. The minimum absolute atomic E-state index is 0.192. The van der Waals surface area contributed by atoms with Crippen molar-refractivity contribution >= 4 is 11.7 Å². The minimum atomic E-state index is -0.723. The molecule has 0 bridgehead atoms. The second kappa shape index (κ2) is 4.69. The van der Waals surface area contributed by atoms with Gasteiger partial charge < -0.3 is 14.7 Å². The lowest BCUT2D eigenvalue weighted by Gasteiger charge is -2.31. The van der Waals surface area contributed by atoms with Gasteiger partial charge in [0.05, 0.1) is 13.5 Å². The molecule has 1 saturated carbocycles. The Kier molecular flexibility index (Phi) is 3.11. The van der Waals surface area contributed by atoms with E-state index in [4.69, 9.17) is 9.84 Å². The van der Waals surface area contributed by atoms with Crippen LogP contribution in [0, 0.1) is 0 Å². The molecule has 3 rings (SSSR count). The number of aliphatic carboxylic acids is 1. The highest BCUT2D eigenvalue weighted by Crippen LogP contribution is 2.55. The molecule has 1 aromatic carbocycles. The third-order valence-electron chi connectivity index (χ3n) is 4.69. The standard InChI is InChI=1S/C16H21NO3/c1-17-9-3-4-11-13(17)6-5-12(15(11)20-2)16(7-8-16)10-14(18)19/h5-6H,3-4,7-10H2,1-2H3,(H,18,19). The van der Waals surface area contributed by atoms with Gasteiger partial charge in [-0.2, -0.15) is 0 Å². The van der Waals surface area contributed by atoms with Crippen LogP contribution in [-0.2, 0) is 16.6 Å². The van der Waals surface area contributed by atoms with Crippen molar-refractivity contribution in [3.63, 3.8) is 0 Å². The fourth-order valence-corrected chi connectivity index (χ4v) is 3.46. The zero-order valence-electron chi connectivity index (χ0n) is 12.1. The van der Waals surface area contributed by atoms with Gasteiger partial charge in [-0.3, -0.25) is 4.79 Å². The van der Waals surface area contributed by atoms with Crippen LogP contribution in [0.2, 0.25) is 0 Å². The minimum Gasteiger partial charge on any atom is -0.496 e. The average molecular weight is 275 g/mol. The SMILES string of the molecule is COc1c(C2(CC(=O)O)CC2)ccc2c1CCCN2C. The predicted octanol–water partition coefficient (Wildman–Crippen LogP) is 2.58. The van der Waals surface area contributed by atoms with Crippen molar-refractivity contribution in [3.05, 3.63) is 23.3 Å². The molecule has 0 unspecified atom stereocenters. The third kappa shape index (κ3) is 2.03. The highest BCUT2D eigenvalue weighted by molar-refractivity contribution is 5.72. The first-order chi connectivity index (χ1) is 9.57. The second-order valence-corrected chi connectivity index (χ2v) is 6.02. The molecule has 1 heterocycles. The number of ether oxygens (including phenoxy) is 1. The first-order valence-corrected chi connectivity index (χ1v) is 7.21. The number of fused-ring (bicyclic) bond motifs is 1. The van der Waals surface area contributed by atoms with Crippen molar-refractivity contribution in [2.24, 2.45) is 0 Å². The van der Waals surface area contributed by atoms with Gasteiger partial charge in [-0.15, -0.1) is 0 Å². The Hall–Kier alpha value is -1.71. The molecule has 2 aliphatic rings. The highest BCUT2D eigenvalue weighted by Gasteiger charge is 2.48. The fraction of sp³-hybridized carbons (Fsp3) is 0.562. The number of nitrogens with zero attached hydrogens (tertiary/aromatic N) is 1. The van der Waals surface area contributed by atoms with Crippen LogP contribution < -0.4 is 9.64 Å². The molecule has 4 heteroatoms. The zero-order valence-corrected chi connectivity index (χ0v) is 12.1. The number of carboxylic acids is 1. The number of rotatable bonds is 4. The van der Waals surface area contributed by atoms with Crippen molar-refractivity contribution in [2.75, 3.05) is 25.6 Å². The van der Waals surface area contributed by atoms with E-state index >= 15 is 0 Å². The number of benzene rings is 1. The molecule has 0 saturated heterocycles. The zero-order chi connectivity index (χ0) is 14.3. The van der Waals surface area contributed by atoms with Crippen LogP contribution >= 0.6 is 0 Å². The Labute approximate surface area is 119 Å². The van der Waals surface area contributed by atoms with Gasteiger partial charge in [-0.1, -0.05) is 6.07 Å². The molecule has 0 atom stereocenters. The summed E-state index contributed by atoms with van der Waals surface area (Å²) in [5.41, 5.74) is 3.37. The largest absolute Gasteiger partial charge is 0.496 e. The summed E-state index contributed by atoms with van der Waals surface area (Å²) in [7, 11) is 3.80. The molecule has 1 fully saturated rings. The lowest BCUT2D eigenvalue weighted by Crippen LogP contribution is -2.26. The summed E-state index contributed by atoms with van der Waals surface area (Å²) >= 11 is 0. The summed E-state index contributed by atoms with van der Waals surface area (Å²) in [5.74, 6) is 0.201. The van der Waals surface area contributed by atoms with Crippen molar-refractivity contribution in [1.29, 1.82) is 0 Å². The van der Waals surface area contributed by atoms with Gasteiger partial charge in [0.2, 0.25) is 0 Å². The van der Waals surface area contributed by atoms with E-state index in [1.165, 1.54) is 11.3 Å². The summed E-state index contributed by atoms with van der Waals surface area (Å²) < 4.78 is 5.68. The Morgan fingerprint density at radius 3 is 2.80 bits per heavy atom. The number of hydrogen-bond donors (Lipinski definition) is 1. The van der Waals surface area contributed by atoms with E-state index in [0.29, 0.717) is 0 Å². The summed E-state index contributed by atoms with van der Waals surface area (Å²) in [6.07, 6.45) is 4.24. The van der Waals surface area contributed by atoms with Crippen LogP contribution in [0.5, 0.6) is 5.75 Å². The van der Waals surface area contributed by atoms with E-state index in [0.717, 1.165) is 43.5 Å². The van der Waals surface area contributed by atoms with E-state index < -0.39 is 5.97 Å². The van der Waals surface area contributed by atoms with Crippen molar-refractivity contribution < 1.29 is 14.6 Å². The topological polar surface area (TPSA) is 49.8 Å². The summed E-state index contributed by atoms with van der Waals surface area (Å²) in [6, 6.07) is 4.21. The summed E-state index contributed by atoms with van der Waals surface area (Å²) in [5, 5.41) is 9.15. The van der Waals surface area contributed by atoms with Gasteiger partial charge in [0.15, 0.2) is 0 Å². The van der Waals surface area contributed by atoms with E-state index in [-0.39, 0.29) is 11.8 Å². The average Bonchev–Trinajstić information content (AvgIpc) is 3.17. The van der Waals surface area contributed by atoms with Gasteiger partial charge >= 0.3 is 5.97 Å². The van der Waals surface area contributed by atoms with Gasteiger partial charge in [-0.25, -0.2) is 0 Å². The van der Waals surface area contributed by atoms with Crippen LogP contribution in [0.3, 0.4) is 0 Å². The Morgan fingerprint density at radius 2 is 2.20 bits per heavy atom. The molecule has 1 aliphatic heterocycles. The summed E-state index contributed by atoms with van der Waals surface area (Å²) in [4.78, 5) is 13.4. The van der Waals surface area contributed by atoms with Crippen molar-refractivity contribution in [3.8, 4) is 5.75 Å². The fourth-order valence-electron chi connectivity index (χ4n) is 3.46. The Bertz CT molecular complexity index is 549. The molecular weight excluding hydrogens is 254 g/mol. The molecule has 108 valence electrons. The molecule has 0 aromatic heterocycles. The quantitative estimate of drug-likeness (QED) is 0.917. The predicted molar refractivity (Wildman–Crippen MR) is 77.7 cm³/mol. The highest BCUT2D eigenvalue weighted by atomic mass is 16.5. The molecule has 0 radical (unpaired) electrons. The van der Waals surface area contributed by atoms with E-state index in [9.17, 15) is 4.79 Å². The molecule has 0 amide bonds. The van der Waals surface area contributed by atoms with Gasteiger partial charge in [-0.05, 0) is 31.7 Å². The van der Waals surface area contributed by atoms with Gasteiger partial charge in [0, 0.05) is 35.8 Å². The number of carboxylic acid groups (broad SMARTS) is 1. The molecule has 0 spiro atoms. The molecule has 4 nitrogen and oxygen atoms in total. The molecule has 1 aromatic rings. The maximum Gasteiger partial charge on any atom is 0.304 e. The van der Waals surface area contributed by atoms with Crippen LogP contribution in [0.1, 0.15) is 36.8 Å². The third-order valence-corrected chi connectivity index (χ3v) is 4.69. The molecular formula is C16H21NO3. The maximum absolute atomic E-state index is 11.1. The molecule has 1 aliphatic carbocycles. The van der Waals surface area contributed by atoms with Gasteiger partial charge in [0.1, 0.15) is 5.75 Å². The van der Waals surface area contributed by atoms with Crippen LogP contribution in [0.15, 0.2) is 12.1 Å². The number of anilines is 1. The van der Waals surface area contributed by atoms with Crippen LogP contribution in [0.25, 0.3) is 0 Å². The number of carbonyl (C=O) groups is 1. The van der Waals surface area contributed by atoms with Gasteiger partial charge in [0.25, 0.3) is 0 Å². The molecule has 20 heavy (non-hydrogen) atoms. The normalized spacial score (nSPS) is 19.4. The lowest BCUT2D eigenvalue weighted by atomic mass is 9.87. The maximum atomic E-state index is 11.1. The number of methoxy groups -OCH3 is 1. The first-order valence-electron chi connectivity index (χ1n) is 7.21. The van der Waals surface area contributed by atoms with Crippen LogP contribution in [-0.4, -0.2) is 31.8 Å². The van der Waals surface area contributed by atoms with Crippen molar-refractivity contribution in [2.45, 2.75) is 37.5 Å². The lowest BCUT2D eigenvalue weighted by molar-refractivity contribution is -0.137. The molecule has 1 N–H and O–H groups in total. The number of hydrogen-bond acceptors (Lipinski definition) is 3.